The number of hydrogen-bond acceptors (Lipinski definition) is 3. The van der Waals surface area contributed by atoms with Crippen LogP contribution in [-0.2, 0) is 0 Å². The number of nitrogens with one attached hydrogen (secondary N) is 1. The lowest BCUT2D eigenvalue weighted by Gasteiger charge is -2.11. The largest absolute Gasteiger partial charge is 0.493 e. The molecule has 0 aromatic heterocycles. The van der Waals surface area contributed by atoms with Crippen LogP contribution in [-0.4, -0.2) is 26.8 Å². The molecule has 2 unspecified atom stereocenters. The van der Waals surface area contributed by atoms with Crippen molar-refractivity contribution in [2.75, 3.05) is 26.8 Å². The Hall–Kier alpha value is -1.22. The van der Waals surface area contributed by atoms with E-state index in [0.29, 0.717) is 12.5 Å². The van der Waals surface area contributed by atoms with Gasteiger partial charge in [0.2, 0.25) is 0 Å². The van der Waals surface area contributed by atoms with Gasteiger partial charge in [-0.1, -0.05) is 13.0 Å². The monoisotopic (exact) mass is 249 g/mol. The van der Waals surface area contributed by atoms with Crippen molar-refractivity contribution in [3.63, 3.8) is 0 Å². The Bertz CT molecular complexity index is 392. The molecule has 1 aromatic carbocycles. The van der Waals surface area contributed by atoms with Crippen molar-refractivity contribution in [1.82, 2.24) is 5.32 Å². The summed E-state index contributed by atoms with van der Waals surface area (Å²) in [4.78, 5) is 0. The molecular weight excluding hydrogens is 226 g/mol. The topological polar surface area (TPSA) is 30.5 Å². The minimum absolute atomic E-state index is 0.669. The van der Waals surface area contributed by atoms with Crippen molar-refractivity contribution in [2.24, 2.45) is 5.92 Å². The summed E-state index contributed by atoms with van der Waals surface area (Å²) in [6.45, 7) is 6.98. The highest BCUT2D eigenvalue weighted by Gasteiger charge is 2.37. The van der Waals surface area contributed by atoms with Crippen molar-refractivity contribution >= 4 is 0 Å². The van der Waals surface area contributed by atoms with E-state index in [0.717, 1.165) is 30.5 Å². The Morgan fingerprint density at radius 3 is 2.78 bits per heavy atom. The van der Waals surface area contributed by atoms with Crippen LogP contribution in [0.3, 0.4) is 0 Å². The molecule has 0 radical (unpaired) electrons. The molecule has 1 fully saturated rings. The molecule has 0 saturated heterocycles. The third kappa shape index (κ3) is 2.96. The molecule has 100 valence electrons. The summed E-state index contributed by atoms with van der Waals surface area (Å²) >= 11 is 0. The Balaban J connectivity index is 2.02. The van der Waals surface area contributed by atoms with Gasteiger partial charge in [0, 0.05) is 0 Å². The maximum absolute atomic E-state index is 5.54. The summed E-state index contributed by atoms with van der Waals surface area (Å²) in [6.07, 6.45) is 1.28. The minimum Gasteiger partial charge on any atom is -0.493 e. The minimum atomic E-state index is 0.669. The molecule has 1 N–H and O–H groups in total. The first-order valence-corrected chi connectivity index (χ1v) is 6.81. The van der Waals surface area contributed by atoms with E-state index in [9.17, 15) is 0 Å². The Morgan fingerprint density at radius 2 is 2.11 bits per heavy atom. The molecular formula is C15H23NO2. The molecule has 0 amide bonds. The molecule has 1 saturated carbocycles. The van der Waals surface area contributed by atoms with Crippen LogP contribution in [0.4, 0.5) is 0 Å². The lowest BCUT2D eigenvalue weighted by molar-refractivity contribution is 0.310. The second kappa shape index (κ2) is 6.10. The van der Waals surface area contributed by atoms with Crippen LogP contribution < -0.4 is 14.8 Å². The molecule has 18 heavy (non-hydrogen) atoms. The second-order valence-corrected chi connectivity index (χ2v) is 4.75. The van der Waals surface area contributed by atoms with E-state index in [1.807, 2.05) is 13.0 Å². The maximum atomic E-state index is 5.54. The average Bonchev–Trinajstić information content (AvgIpc) is 3.16. The van der Waals surface area contributed by atoms with Crippen LogP contribution in [0.1, 0.15) is 31.7 Å². The van der Waals surface area contributed by atoms with E-state index in [2.05, 4.69) is 24.4 Å². The van der Waals surface area contributed by atoms with Gasteiger partial charge in [-0.05, 0) is 56.0 Å². The van der Waals surface area contributed by atoms with Crippen molar-refractivity contribution < 1.29 is 9.47 Å². The molecule has 3 heteroatoms. The number of ether oxygens (including phenoxy) is 2. The zero-order valence-electron chi connectivity index (χ0n) is 11.5. The summed E-state index contributed by atoms with van der Waals surface area (Å²) < 4.78 is 10.9. The smallest absolute Gasteiger partial charge is 0.161 e. The maximum Gasteiger partial charge on any atom is 0.161 e. The van der Waals surface area contributed by atoms with Gasteiger partial charge >= 0.3 is 0 Å². The zero-order valence-corrected chi connectivity index (χ0v) is 11.5. The highest BCUT2D eigenvalue weighted by atomic mass is 16.5. The van der Waals surface area contributed by atoms with Crippen molar-refractivity contribution in [3.8, 4) is 11.5 Å². The number of benzene rings is 1. The van der Waals surface area contributed by atoms with Crippen LogP contribution in [0.5, 0.6) is 11.5 Å². The first-order valence-electron chi connectivity index (χ1n) is 6.81. The van der Waals surface area contributed by atoms with Crippen LogP contribution >= 0.6 is 0 Å². The normalized spacial score (nSPS) is 21.7. The SMILES string of the molecule is CCNCC1CC1c1ccc(OCC)c(OC)c1. The molecule has 1 aliphatic carbocycles. The summed E-state index contributed by atoms with van der Waals surface area (Å²) in [5.74, 6) is 3.16. The molecule has 1 aromatic rings. The highest BCUT2D eigenvalue weighted by molar-refractivity contribution is 5.45. The van der Waals surface area contributed by atoms with Gasteiger partial charge in [0.25, 0.3) is 0 Å². The molecule has 0 spiro atoms. The van der Waals surface area contributed by atoms with Gasteiger partial charge in [0.15, 0.2) is 11.5 Å². The van der Waals surface area contributed by atoms with E-state index in [1.54, 1.807) is 7.11 Å². The van der Waals surface area contributed by atoms with Gasteiger partial charge < -0.3 is 14.8 Å². The molecule has 2 rings (SSSR count). The van der Waals surface area contributed by atoms with Crippen molar-refractivity contribution in [2.45, 2.75) is 26.2 Å². The Labute approximate surface area is 109 Å². The van der Waals surface area contributed by atoms with Gasteiger partial charge in [0.1, 0.15) is 0 Å². The summed E-state index contributed by atoms with van der Waals surface area (Å²) in [7, 11) is 1.70. The number of hydrogen-bond donors (Lipinski definition) is 1. The third-order valence-corrected chi connectivity index (χ3v) is 3.49. The molecule has 3 nitrogen and oxygen atoms in total. The fourth-order valence-corrected chi connectivity index (χ4v) is 2.40. The Morgan fingerprint density at radius 1 is 1.28 bits per heavy atom. The van der Waals surface area contributed by atoms with Crippen LogP contribution in [0.2, 0.25) is 0 Å². The first-order chi connectivity index (χ1) is 8.80. The fourth-order valence-electron chi connectivity index (χ4n) is 2.40. The molecule has 0 aliphatic heterocycles. The predicted molar refractivity (Wildman–Crippen MR) is 73.6 cm³/mol. The van der Waals surface area contributed by atoms with E-state index in [4.69, 9.17) is 9.47 Å². The quantitative estimate of drug-likeness (QED) is 0.806. The van der Waals surface area contributed by atoms with Gasteiger partial charge in [-0.25, -0.2) is 0 Å². The summed E-state index contributed by atoms with van der Waals surface area (Å²) in [5, 5.41) is 3.41. The van der Waals surface area contributed by atoms with Crippen LogP contribution in [0.25, 0.3) is 0 Å². The average molecular weight is 249 g/mol. The van der Waals surface area contributed by atoms with E-state index >= 15 is 0 Å². The third-order valence-electron chi connectivity index (χ3n) is 3.49. The van der Waals surface area contributed by atoms with Gasteiger partial charge in [-0.2, -0.15) is 0 Å². The summed E-state index contributed by atoms with van der Waals surface area (Å²) in [6, 6.07) is 6.33. The lowest BCUT2D eigenvalue weighted by Crippen LogP contribution is -2.16. The van der Waals surface area contributed by atoms with Crippen molar-refractivity contribution in [1.29, 1.82) is 0 Å². The standard InChI is InChI=1S/C15H23NO2/c1-4-16-10-12-8-13(12)11-6-7-14(18-5-2)15(9-11)17-3/h6-7,9,12-13,16H,4-5,8,10H2,1-3H3. The zero-order chi connectivity index (χ0) is 13.0. The lowest BCUT2D eigenvalue weighted by atomic mass is 10.1. The van der Waals surface area contributed by atoms with E-state index in [1.165, 1.54) is 12.0 Å². The van der Waals surface area contributed by atoms with E-state index in [-0.39, 0.29) is 0 Å². The first kappa shape index (κ1) is 13.2. The molecule has 1 aliphatic rings. The van der Waals surface area contributed by atoms with Gasteiger partial charge in [-0.3, -0.25) is 0 Å². The summed E-state index contributed by atoms with van der Waals surface area (Å²) in [5.41, 5.74) is 1.37. The van der Waals surface area contributed by atoms with Crippen molar-refractivity contribution in [3.05, 3.63) is 23.8 Å². The van der Waals surface area contributed by atoms with Crippen LogP contribution in [0, 0.1) is 5.92 Å². The van der Waals surface area contributed by atoms with Crippen LogP contribution in [0.15, 0.2) is 18.2 Å². The molecule has 0 bridgehead atoms. The number of rotatable bonds is 7. The number of methoxy groups -OCH3 is 1. The second-order valence-electron chi connectivity index (χ2n) is 4.75. The fraction of sp³-hybridized carbons (Fsp3) is 0.600. The van der Waals surface area contributed by atoms with Gasteiger partial charge in [0.05, 0.1) is 13.7 Å². The predicted octanol–water partition coefficient (Wildman–Crippen LogP) is 2.81. The highest BCUT2D eigenvalue weighted by Crippen LogP contribution is 2.48. The Kier molecular flexibility index (Phi) is 4.48. The van der Waals surface area contributed by atoms with E-state index < -0.39 is 0 Å². The van der Waals surface area contributed by atoms with Gasteiger partial charge in [-0.15, -0.1) is 0 Å². The molecule has 0 heterocycles. The molecule has 2 atom stereocenters.